The highest BCUT2D eigenvalue weighted by Crippen LogP contribution is 2.27. The minimum atomic E-state index is -0.558. The lowest BCUT2D eigenvalue weighted by Crippen LogP contribution is -2.41. The Labute approximate surface area is 174 Å². The Bertz CT molecular complexity index is 613. The molecule has 2 heterocycles. The summed E-state index contributed by atoms with van der Waals surface area (Å²) in [6, 6.07) is 5.85. The second kappa shape index (κ2) is 11.1. The summed E-state index contributed by atoms with van der Waals surface area (Å²) < 4.78 is 16.9. The predicted molar refractivity (Wildman–Crippen MR) is 111 cm³/mol. The van der Waals surface area contributed by atoms with Gasteiger partial charge in [0.25, 0.3) is 0 Å². The molecule has 2 fully saturated rings. The molecule has 2 aliphatic heterocycles. The van der Waals surface area contributed by atoms with Crippen LogP contribution in [-0.4, -0.2) is 91.9 Å². The van der Waals surface area contributed by atoms with E-state index in [9.17, 15) is 10.2 Å². The Kier molecular flexibility index (Phi) is 8.56. The van der Waals surface area contributed by atoms with Crippen molar-refractivity contribution in [3.63, 3.8) is 0 Å². The number of aliphatic hydroxyl groups excluding tert-OH is 2. The van der Waals surface area contributed by atoms with Gasteiger partial charge in [-0.2, -0.15) is 0 Å². The van der Waals surface area contributed by atoms with Crippen molar-refractivity contribution in [3.8, 4) is 11.5 Å². The van der Waals surface area contributed by atoms with Gasteiger partial charge in [0.2, 0.25) is 0 Å². The second-order valence-electron chi connectivity index (χ2n) is 8.18. The van der Waals surface area contributed by atoms with Crippen LogP contribution in [0.5, 0.6) is 11.5 Å². The first-order valence-corrected chi connectivity index (χ1v) is 10.7. The Morgan fingerprint density at radius 3 is 2.38 bits per heavy atom. The van der Waals surface area contributed by atoms with Crippen molar-refractivity contribution in [1.82, 2.24) is 9.80 Å². The smallest absolute Gasteiger partial charge is 0.124 e. The molecule has 0 aromatic heterocycles. The number of benzene rings is 1. The fraction of sp³-hybridized carbons (Fsp3) is 0.727. The van der Waals surface area contributed by atoms with E-state index in [1.165, 1.54) is 0 Å². The highest BCUT2D eigenvalue weighted by Gasteiger charge is 2.22. The van der Waals surface area contributed by atoms with Crippen LogP contribution >= 0.6 is 0 Å². The number of hydrogen-bond donors (Lipinski definition) is 2. The van der Waals surface area contributed by atoms with Crippen molar-refractivity contribution in [2.45, 2.75) is 50.5 Å². The van der Waals surface area contributed by atoms with Crippen molar-refractivity contribution in [1.29, 1.82) is 0 Å². The first-order valence-electron chi connectivity index (χ1n) is 10.7. The number of rotatable bonds is 9. The van der Waals surface area contributed by atoms with Gasteiger partial charge in [-0.25, -0.2) is 0 Å². The highest BCUT2D eigenvalue weighted by molar-refractivity contribution is 5.40. The topological polar surface area (TPSA) is 74.6 Å². The number of piperidine rings is 2. The maximum Gasteiger partial charge on any atom is 0.124 e. The molecule has 0 spiro atoms. The summed E-state index contributed by atoms with van der Waals surface area (Å²) in [6.07, 6.45) is 3.23. The summed E-state index contributed by atoms with van der Waals surface area (Å²) in [5.74, 6) is 1.61. The van der Waals surface area contributed by atoms with Crippen molar-refractivity contribution < 1.29 is 24.4 Å². The average Bonchev–Trinajstić information content (AvgIpc) is 2.75. The summed E-state index contributed by atoms with van der Waals surface area (Å²) in [5, 5.41) is 20.0. The van der Waals surface area contributed by atoms with Gasteiger partial charge >= 0.3 is 0 Å². The molecule has 0 aliphatic carbocycles. The molecule has 7 heteroatoms. The zero-order valence-electron chi connectivity index (χ0n) is 17.8. The largest absolute Gasteiger partial charge is 0.497 e. The molecule has 1 unspecified atom stereocenters. The Hall–Kier alpha value is -1.38. The van der Waals surface area contributed by atoms with Crippen molar-refractivity contribution in [2.24, 2.45) is 0 Å². The van der Waals surface area contributed by atoms with E-state index in [0.717, 1.165) is 75.5 Å². The first-order chi connectivity index (χ1) is 14.1. The van der Waals surface area contributed by atoms with Crippen LogP contribution in [0.25, 0.3) is 0 Å². The molecule has 164 valence electrons. The lowest BCUT2D eigenvalue weighted by Gasteiger charge is -2.32. The van der Waals surface area contributed by atoms with E-state index >= 15 is 0 Å². The van der Waals surface area contributed by atoms with E-state index in [1.54, 1.807) is 14.2 Å². The van der Waals surface area contributed by atoms with Gasteiger partial charge in [-0.3, -0.25) is 4.90 Å². The summed E-state index contributed by atoms with van der Waals surface area (Å²) in [7, 11) is 3.45. The van der Waals surface area contributed by atoms with Gasteiger partial charge < -0.3 is 29.3 Å². The molecule has 0 amide bonds. The molecule has 1 aromatic rings. The molecular formula is C22H36N2O5. The Morgan fingerprint density at radius 1 is 1.03 bits per heavy atom. The zero-order chi connectivity index (χ0) is 20.6. The molecule has 0 saturated carbocycles. The van der Waals surface area contributed by atoms with Gasteiger partial charge in [0.05, 0.1) is 19.3 Å². The third-order valence-electron chi connectivity index (χ3n) is 5.99. The Morgan fingerprint density at radius 2 is 1.72 bits per heavy atom. The van der Waals surface area contributed by atoms with Crippen LogP contribution in [0.3, 0.4) is 0 Å². The molecule has 1 atom stereocenters. The minimum absolute atomic E-state index is 0.199. The maximum absolute atomic E-state index is 10.4. The Balaban J connectivity index is 1.54. The highest BCUT2D eigenvalue weighted by atomic mass is 16.5. The molecule has 3 rings (SSSR count). The molecule has 2 N–H and O–H groups in total. The van der Waals surface area contributed by atoms with Crippen molar-refractivity contribution >= 4 is 0 Å². The number of methoxy groups -OCH3 is 2. The zero-order valence-corrected chi connectivity index (χ0v) is 17.8. The van der Waals surface area contributed by atoms with Crippen LogP contribution in [0.2, 0.25) is 0 Å². The number of β-amino-alcohol motifs (C(OH)–C–C–N with tert-alkyl or cyclic N) is 1. The van der Waals surface area contributed by atoms with Gasteiger partial charge in [-0.15, -0.1) is 0 Å². The predicted octanol–water partition coefficient (Wildman–Crippen LogP) is 1.50. The molecule has 1 aromatic carbocycles. The summed E-state index contributed by atoms with van der Waals surface area (Å²) >= 11 is 0. The van der Waals surface area contributed by atoms with E-state index in [-0.39, 0.29) is 12.7 Å². The number of nitrogens with zero attached hydrogens (tertiary/aromatic N) is 2. The maximum atomic E-state index is 10.4. The van der Waals surface area contributed by atoms with Crippen molar-refractivity contribution in [2.75, 3.05) is 53.6 Å². The molecular weight excluding hydrogens is 372 g/mol. The molecule has 29 heavy (non-hydrogen) atoms. The number of aliphatic hydroxyl groups is 2. The van der Waals surface area contributed by atoms with E-state index in [4.69, 9.17) is 14.2 Å². The normalized spacial score (nSPS) is 21.2. The van der Waals surface area contributed by atoms with Crippen LogP contribution in [0.15, 0.2) is 18.2 Å². The average molecular weight is 409 g/mol. The van der Waals surface area contributed by atoms with Gasteiger partial charge in [0, 0.05) is 51.9 Å². The van der Waals surface area contributed by atoms with Gasteiger partial charge in [0.15, 0.2) is 0 Å². The minimum Gasteiger partial charge on any atom is -0.497 e. The number of hydrogen-bond acceptors (Lipinski definition) is 7. The van der Waals surface area contributed by atoms with Gasteiger partial charge in [-0.1, -0.05) is 0 Å². The lowest BCUT2D eigenvalue weighted by atomic mass is 10.1. The van der Waals surface area contributed by atoms with Crippen LogP contribution < -0.4 is 9.47 Å². The first kappa shape index (κ1) is 22.3. The monoisotopic (exact) mass is 408 g/mol. The number of ether oxygens (including phenoxy) is 3. The standard InChI is InChI=1S/C22H36N2O5/c1-27-20-7-11-23(12-8-20)14-17-13-21(28-2)3-4-22(17)29-16-19(26)15-24-9-5-18(25)6-10-24/h3-4,13,18-20,25-26H,5-12,14-16H2,1-2H3. The van der Waals surface area contributed by atoms with Crippen molar-refractivity contribution in [3.05, 3.63) is 23.8 Å². The summed E-state index contributed by atoms with van der Waals surface area (Å²) in [6.45, 7) is 5.26. The van der Waals surface area contributed by atoms with E-state index in [2.05, 4.69) is 9.80 Å². The fourth-order valence-electron chi connectivity index (χ4n) is 4.13. The summed E-state index contributed by atoms with van der Waals surface area (Å²) in [4.78, 5) is 4.60. The van der Waals surface area contributed by atoms with E-state index in [0.29, 0.717) is 12.6 Å². The molecule has 0 bridgehead atoms. The molecule has 7 nitrogen and oxygen atoms in total. The van der Waals surface area contributed by atoms with Crippen LogP contribution in [0.4, 0.5) is 0 Å². The second-order valence-corrected chi connectivity index (χ2v) is 8.18. The summed E-state index contributed by atoms with van der Waals surface area (Å²) in [5.41, 5.74) is 1.08. The number of likely N-dealkylation sites (tertiary alicyclic amines) is 2. The van der Waals surface area contributed by atoms with Crippen LogP contribution in [-0.2, 0) is 11.3 Å². The van der Waals surface area contributed by atoms with E-state index < -0.39 is 6.10 Å². The molecule has 2 aliphatic rings. The van der Waals surface area contributed by atoms with Gasteiger partial charge in [-0.05, 0) is 43.9 Å². The van der Waals surface area contributed by atoms with Crippen LogP contribution in [0, 0.1) is 0 Å². The lowest BCUT2D eigenvalue weighted by molar-refractivity contribution is 0.0322. The van der Waals surface area contributed by atoms with E-state index in [1.807, 2.05) is 18.2 Å². The molecule has 0 radical (unpaired) electrons. The third kappa shape index (κ3) is 6.83. The fourth-order valence-corrected chi connectivity index (χ4v) is 4.13. The quantitative estimate of drug-likeness (QED) is 0.641. The molecule has 2 saturated heterocycles. The van der Waals surface area contributed by atoms with Crippen LogP contribution in [0.1, 0.15) is 31.2 Å². The van der Waals surface area contributed by atoms with Gasteiger partial charge in [0.1, 0.15) is 24.2 Å². The SMILES string of the molecule is COc1ccc(OCC(O)CN2CCC(O)CC2)c(CN2CCC(OC)CC2)c1. The third-order valence-corrected chi connectivity index (χ3v) is 5.99.